The number of carbonyl (C=O) groups is 1. The summed E-state index contributed by atoms with van der Waals surface area (Å²) in [4.78, 5) is 16.3. The van der Waals surface area contributed by atoms with Crippen molar-refractivity contribution in [1.82, 2.24) is 9.80 Å². The lowest BCUT2D eigenvalue weighted by molar-refractivity contribution is -0.130. The molecule has 0 saturated heterocycles. The lowest BCUT2D eigenvalue weighted by Gasteiger charge is -2.23. The van der Waals surface area contributed by atoms with Gasteiger partial charge in [0.1, 0.15) is 0 Å². The highest BCUT2D eigenvalue weighted by Gasteiger charge is 2.12. The molecule has 118 valence electrons. The third-order valence-corrected chi connectivity index (χ3v) is 3.17. The largest absolute Gasteiger partial charge is 0.383 e. The zero-order valence-electron chi connectivity index (χ0n) is 13.3. The van der Waals surface area contributed by atoms with Gasteiger partial charge < -0.3 is 19.9 Å². The predicted octanol–water partition coefficient (Wildman–Crippen LogP) is 1.53. The molecular weight excluding hydrogens is 266 g/mol. The van der Waals surface area contributed by atoms with Crippen molar-refractivity contribution < 1.29 is 9.53 Å². The maximum atomic E-state index is 12.3. The van der Waals surface area contributed by atoms with Crippen LogP contribution in [0.2, 0.25) is 0 Å². The molecule has 0 aromatic heterocycles. The Kier molecular flexibility index (Phi) is 8.47. The minimum Gasteiger partial charge on any atom is -0.383 e. The number of nitrogens with one attached hydrogen (secondary N) is 1. The molecule has 1 aromatic carbocycles. The van der Waals surface area contributed by atoms with Crippen molar-refractivity contribution in [3.05, 3.63) is 30.3 Å². The summed E-state index contributed by atoms with van der Waals surface area (Å²) in [6, 6.07) is 9.77. The van der Waals surface area contributed by atoms with E-state index in [1.165, 1.54) is 0 Å². The number of methoxy groups -OCH3 is 1. The van der Waals surface area contributed by atoms with Crippen LogP contribution < -0.4 is 5.32 Å². The Morgan fingerprint density at radius 3 is 2.48 bits per heavy atom. The molecule has 0 bridgehead atoms. The number of para-hydroxylation sites is 1. The van der Waals surface area contributed by atoms with E-state index < -0.39 is 0 Å². The van der Waals surface area contributed by atoms with Crippen LogP contribution in [-0.4, -0.2) is 69.7 Å². The fourth-order valence-electron chi connectivity index (χ4n) is 1.99. The lowest BCUT2D eigenvalue weighted by Crippen LogP contribution is -2.39. The van der Waals surface area contributed by atoms with E-state index in [2.05, 4.69) is 10.2 Å². The summed E-state index contributed by atoms with van der Waals surface area (Å²) >= 11 is 0. The Balaban J connectivity index is 2.42. The molecule has 0 aliphatic heterocycles. The average molecular weight is 293 g/mol. The van der Waals surface area contributed by atoms with E-state index in [1.807, 2.05) is 49.3 Å². The third kappa shape index (κ3) is 7.68. The predicted molar refractivity (Wildman–Crippen MR) is 86.6 cm³/mol. The minimum absolute atomic E-state index is 0.106. The van der Waals surface area contributed by atoms with E-state index in [-0.39, 0.29) is 5.91 Å². The van der Waals surface area contributed by atoms with Gasteiger partial charge in [-0.05, 0) is 39.2 Å². The van der Waals surface area contributed by atoms with Gasteiger partial charge in [-0.1, -0.05) is 18.2 Å². The molecule has 0 saturated carbocycles. The van der Waals surface area contributed by atoms with Crippen LogP contribution in [0, 0.1) is 0 Å². The number of carbonyl (C=O) groups excluding carboxylic acids is 1. The standard InChI is InChI=1S/C16H27N3O2/c1-18(2)10-7-11-19(12-13-21-3)16(20)14-17-15-8-5-4-6-9-15/h4-6,8-9,17H,7,10-14H2,1-3H3. The van der Waals surface area contributed by atoms with Gasteiger partial charge in [0.25, 0.3) is 0 Å². The summed E-state index contributed by atoms with van der Waals surface area (Å²) in [5, 5.41) is 3.16. The highest BCUT2D eigenvalue weighted by molar-refractivity contribution is 5.80. The minimum atomic E-state index is 0.106. The van der Waals surface area contributed by atoms with Gasteiger partial charge in [-0.3, -0.25) is 4.79 Å². The molecule has 1 rings (SSSR count). The molecule has 0 spiro atoms. The van der Waals surface area contributed by atoms with Crippen LogP contribution in [0.15, 0.2) is 30.3 Å². The molecule has 0 radical (unpaired) electrons. The first-order chi connectivity index (χ1) is 10.1. The highest BCUT2D eigenvalue weighted by atomic mass is 16.5. The Morgan fingerprint density at radius 1 is 1.14 bits per heavy atom. The second-order valence-corrected chi connectivity index (χ2v) is 5.25. The van der Waals surface area contributed by atoms with Crippen molar-refractivity contribution in [2.24, 2.45) is 0 Å². The van der Waals surface area contributed by atoms with Crippen molar-refractivity contribution >= 4 is 11.6 Å². The van der Waals surface area contributed by atoms with Gasteiger partial charge in [0.15, 0.2) is 0 Å². The van der Waals surface area contributed by atoms with Crippen LogP contribution in [0.5, 0.6) is 0 Å². The van der Waals surface area contributed by atoms with Crippen molar-refractivity contribution in [3.63, 3.8) is 0 Å². The van der Waals surface area contributed by atoms with E-state index in [0.29, 0.717) is 19.7 Å². The molecule has 0 heterocycles. The van der Waals surface area contributed by atoms with E-state index in [4.69, 9.17) is 4.74 Å². The number of hydrogen-bond donors (Lipinski definition) is 1. The van der Waals surface area contributed by atoms with Gasteiger partial charge in [-0.25, -0.2) is 0 Å². The van der Waals surface area contributed by atoms with Gasteiger partial charge in [-0.15, -0.1) is 0 Å². The molecule has 1 N–H and O–H groups in total. The average Bonchev–Trinajstić information content (AvgIpc) is 2.49. The first kappa shape index (κ1) is 17.5. The number of benzene rings is 1. The second-order valence-electron chi connectivity index (χ2n) is 5.25. The van der Waals surface area contributed by atoms with Crippen molar-refractivity contribution in [2.45, 2.75) is 6.42 Å². The Morgan fingerprint density at radius 2 is 1.86 bits per heavy atom. The van der Waals surface area contributed by atoms with Gasteiger partial charge in [0.05, 0.1) is 13.2 Å². The SMILES string of the molecule is COCCN(CCCN(C)C)C(=O)CNc1ccccc1. The van der Waals surface area contributed by atoms with E-state index in [9.17, 15) is 4.79 Å². The van der Waals surface area contributed by atoms with Crippen LogP contribution in [0.1, 0.15) is 6.42 Å². The number of amides is 1. The lowest BCUT2D eigenvalue weighted by atomic mass is 10.3. The van der Waals surface area contributed by atoms with E-state index >= 15 is 0 Å². The fraction of sp³-hybridized carbons (Fsp3) is 0.562. The number of ether oxygens (including phenoxy) is 1. The topological polar surface area (TPSA) is 44.8 Å². The quantitative estimate of drug-likeness (QED) is 0.710. The van der Waals surface area contributed by atoms with Crippen molar-refractivity contribution in [2.75, 3.05) is 59.3 Å². The molecule has 0 aliphatic carbocycles. The van der Waals surface area contributed by atoms with Gasteiger partial charge >= 0.3 is 0 Å². The van der Waals surface area contributed by atoms with Crippen molar-refractivity contribution in [1.29, 1.82) is 0 Å². The fourth-order valence-corrected chi connectivity index (χ4v) is 1.99. The van der Waals surface area contributed by atoms with Gasteiger partial charge in [-0.2, -0.15) is 0 Å². The first-order valence-electron chi connectivity index (χ1n) is 7.34. The number of anilines is 1. The first-order valence-corrected chi connectivity index (χ1v) is 7.34. The molecule has 0 fully saturated rings. The number of hydrogen-bond acceptors (Lipinski definition) is 4. The molecule has 21 heavy (non-hydrogen) atoms. The molecule has 5 heteroatoms. The summed E-state index contributed by atoms with van der Waals surface area (Å²) in [6.07, 6.45) is 0.966. The van der Waals surface area contributed by atoms with Gasteiger partial charge in [0, 0.05) is 25.9 Å². The molecule has 0 unspecified atom stereocenters. The molecular formula is C16H27N3O2. The summed E-state index contributed by atoms with van der Waals surface area (Å²) in [5.41, 5.74) is 0.964. The monoisotopic (exact) mass is 293 g/mol. The van der Waals surface area contributed by atoms with Gasteiger partial charge in [0.2, 0.25) is 5.91 Å². The third-order valence-electron chi connectivity index (χ3n) is 3.17. The van der Waals surface area contributed by atoms with E-state index in [0.717, 1.165) is 25.2 Å². The van der Waals surface area contributed by atoms with Crippen LogP contribution in [0.4, 0.5) is 5.69 Å². The van der Waals surface area contributed by atoms with Crippen LogP contribution in [0.3, 0.4) is 0 Å². The number of nitrogens with zero attached hydrogens (tertiary/aromatic N) is 2. The number of rotatable bonds is 10. The zero-order chi connectivity index (χ0) is 15.5. The summed E-state index contributed by atoms with van der Waals surface area (Å²) in [5.74, 6) is 0.106. The van der Waals surface area contributed by atoms with Crippen LogP contribution >= 0.6 is 0 Å². The summed E-state index contributed by atoms with van der Waals surface area (Å²) in [7, 11) is 5.74. The zero-order valence-corrected chi connectivity index (χ0v) is 13.3. The normalized spacial score (nSPS) is 10.7. The maximum absolute atomic E-state index is 12.3. The molecule has 0 atom stereocenters. The highest BCUT2D eigenvalue weighted by Crippen LogP contribution is 2.05. The summed E-state index contributed by atoms with van der Waals surface area (Å²) in [6.45, 7) is 3.26. The van der Waals surface area contributed by atoms with E-state index in [1.54, 1.807) is 7.11 Å². The molecule has 5 nitrogen and oxygen atoms in total. The Labute approximate surface area is 127 Å². The molecule has 1 amide bonds. The Bertz CT molecular complexity index is 396. The van der Waals surface area contributed by atoms with Crippen LogP contribution in [-0.2, 0) is 9.53 Å². The molecule has 0 aliphatic rings. The summed E-state index contributed by atoms with van der Waals surface area (Å²) < 4.78 is 5.09. The van der Waals surface area contributed by atoms with Crippen LogP contribution in [0.25, 0.3) is 0 Å². The molecule has 1 aromatic rings. The maximum Gasteiger partial charge on any atom is 0.241 e. The Hall–Kier alpha value is -1.59. The van der Waals surface area contributed by atoms with Crippen molar-refractivity contribution in [3.8, 4) is 0 Å². The smallest absolute Gasteiger partial charge is 0.241 e. The second kappa shape index (κ2) is 10.2.